The lowest BCUT2D eigenvalue weighted by Gasteiger charge is -1.96. The Morgan fingerprint density at radius 1 is 1.41 bits per heavy atom. The van der Waals surface area contributed by atoms with E-state index in [1.54, 1.807) is 13.0 Å². The lowest BCUT2D eigenvalue weighted by atomic mass is 10.1. The third kappa shape index (κ3) is 5.37. The zero-order valence-electron chi connectivity index (χ0n) is 9.95. The van der Waals surface area contributed by atoms with Crippen LogP contribution in [0.5, 0.6) is 0 Å². The number of hydrogen-bond acceptors (Lipinski definition) is 3. The summed E-state index contributed by atoms with van der Waals surface area (Å²) < 4.78 is 0. The maximum Gasteiger partial charge on any atom is 0.185 e. The Kier molecular flexibility index (Phi) is 5.51. The largest absolute Gasteiger partial charge is 0.298 e. The second-order valence-electron chi connectivity index (χ2n) is 3.64. The van der Waals surface area contributed by atoms with E-state index in [1.807, 2.05) is 19.1 Å². The first-order valence-electron chi connectivity index (χ1n) is 5.31. The molecular weight excluding hydrogens is 232 g/mol. The number of carbonyl (C=O) groups excluding carboxylic acids is 2. The third-order valence-corrected chi connectivity index (χ3v) is 2.82. The van der Waals surface area contributed by atoms with Gasteiger partial charge in [0.05, 0.1) is 0 Å². The van der Waals surface area contributed by atoms with Crippen molar-refractivity contribution in [2.24, 2.45) is 0 Å². The minimum Gasteiger partial charge on any atom is -0.298 e. The minimum atomic E-state index is 0.116. The number of benzene rings is 1. The molecule has 0 bridgehead atoms. The fraction of sp³-hybridized carbons (Fsp3) is 0.286. The molecule has 0 heterocycles. The van der Waals surface area contributed by atoms with Crippen molar-refractivity contribution in [3.05, 3.63) is 34.9 Å². The summed E-state index contributed by atoms with van der Waals surface area (Å²) >= 11 is 1.28. The van der Waals surface area contributed by atoms with Crippen molar-refractivity contribution in [1.29, 1.82) is 0 Å². The second-order valence-corrected chi connectivity index (χ2v) is 4.91. The summed E-state index contributed by atoms with van der Waals surface area (Å²) in [5.41, 5.74) is 2.52. The molecule has 0 amide bonds. The van der Waals surface area contributed by atoms with Gasteiger partial charge in [0.2, 0.25) is 0 Å². The lowest BCUT2D eigenvalue weighted by molar-refractivity contribution is -0.109. The smallest absolute Gasteiger partial charge is 0.185 e. The minimum absolute atomic E-state index is 0.116. The molecule has 3 heteroatoms. The molecule has 0 radical (unpaired) electrons. The van der Waals surface area contributed by atoms with Gasteiger partial charge in [0.1, 0.15) is 6.29 Å². The van der Waals surface area contributed by atoms with Gasteiger partial charge in [0.15, 0.2) is 5.12 Å². The SMILES string of the molecule is CC(=O)SCCC#Cc1cc(C)cc(C=O)c1. The van der Waals surface area contributed by atoms with Gasteiger partial charge in [-0.15, -0.1) is 0 Å². The molecule has 2 nitrogen and oxygen atoms in total. The predicted octanol–water partition coefficient (Wildman–Crippen LogP) is 2.83. The molecule has 0 unspecified atom stereocenters. The number of hydrogen-bond donors (Lipinski definition) is 0. The summed E-state index contributed by atoms with van der Waals surface area (Å²) in [7, 11) is 0. The van der Waals surface area contributed by atoms with Gasteiger partial charge in [-0.3, -0.25) is 9.59 Å². The van der Waals surface area contributed by atoms with Crippen LogP contribution in [0.1, 0.15) is 34.8 Å². The van der Waals surface area contributed by atoms with Crippen LogP contribution in [0.4, 0.5) is 0 Å². The average molecular weight is 246 g/mol. The highest BCUT2D eigenvalue weighted by atomic mass is 32.2. The molecule has 1 rings (SSSR count). The van der Waals surface area contributed by atoms with Crippen LogP contribution in [0, 0.1) is 18.8 Å². The van der Waals surface area contributed by atoms with Gasteiger partial charge in [-0.2, -0.15) is 0 Å². The van der Waals surface area contributed by atoms with E-state index < -0.39 is 0 Å². The molecule has 0 fully saturated rings. The molecule has 0 N–H and O–H groups in total. The van der Waals surface area contributed by atoms with Crippen LogP contribution in [0.15, 0.2) is 18.2 Å². The van der Waals surface area contributed by atoms with Gasteiger partial charge in [-0.25, -0.2) is 0 Å². The van der Waals surface area contributed by atoms with Crippen molar-refractivity contribution in [2.75, 3.05) is 5.75 Å². The number of aldehydes is 1. The molecule has 0 saturated heterocycles. The van der Waals surface area contributed by atoms with Gasteiger partial charge >= 0.3 is 0 Å². The Labute approximate surface area is 106 Å². The molecule has 88 valence electrons. The summed E-state index contributed by atoms with van der Waals surface area (Å²) in [6, 6.07) is 5.53. The van der Waals surface area contributed by atoms with E-state index in [0.29, 0.717) is 17.7 Å². The second kappa shape index (κ2) is 6.93. The first kappa shape index (κ1) is 13.5. The molecule has 0 spiro atoms. The van der Waals surface area contributed by atoms with E-state index in [2.05, 4.69) is 11.8 Å². The fourth-order valence-electron chi connectivity index (χ4n) is 1.36. The number of aryl methyl sites for hydroxylation is 1. The highest BCUT2D eigenvalue weighted by molar-refractivity contribution is 8.13. The van der Waals surface area contributed by atoms with Crippen molar-refractivity contribution in [2.45, 2.75) is 20.3 Å². The highest BCUT2D eigenvalue weighted by Gasteiger charge is 1.95. The maximum absolute atomic E-state index is 10.7. The summed E-state index contributed by atoms with van der Waals surface area (Å²) in [5, 5.41) is 0.116. The predicted molar refractivity (Wildman–Crippen MR) is 71.2 cm³/mol. The molecular formula is C14H14O2S. The standard InChI is InChI=1S/C14H14O2S/c1-11-7-13(9-14(8-11)10-15)5-3-4-6-17-12(2)16/h7-10H,4,6H2,1-2H3. The van der Waals surface area contributed by atoms with Crippen molar-refractivity contribution in [1.82, 2.24) is 0 Å². The normalized spacial score (nSPS) is 9.29. The Morgan fingerprint density at radius 3 is 2.82 bits per heavy atom. The third-order valence-electron chi connectivity index (χ3n) is 2.00. The molecule has 17 heavy (non-hydrogen) atoms. The monoisotopic (exact) mass is 246 g/mol. The summed E-state index contributed by atoms with van der Waals surface area (Å²) in [5.74, 6) is 6.71. The number of thioether (sulfide) groups is 1. The topological polar surface area (TPSA) is 34.1 Å². The van der Waals surface area contributed by atoms with Crippen LogP contribution >= 0.6 is 11.8 Å². The summed E-state index contributed by atoms with van der Waals surface area (Å²) in [4.78, 5) is 21.4. The molecule has 0 aliphatic rings. The van der Waals surface area contributed by atoms with Gasteiger partial charge in [0.25, 0.3) is 0 Å². The van der Waals surface area contributed by atoms with Crippen molar-refractivity contribution in [3.8, 4) is 11.8 Å². The van der Waals surface area contributed by atoms with Crippen molar-refractivity contribution < 1.29 is 9.59 Å². The fourth-order valence-corrected chi connectivity index (χ4v) is 1.85. The molecule has 0 saturated carbocycles. The van der Waals surface area contributed by atoms with Crippen LogP contribution in [0.2, 0.25) is 0 Å². The van der Waals surface area contributed by atoms with E-state index in [1.165, 1.54) is 11.8 Å². The molecule has 1 aromatic rings. The number of carbonyl (C=O) groups is 2. The quantitative estimate of drug-likeness (QED) is 0.467. The van der Waals surface area contributed by atoms with E-state index in [4.69, 9.17) is 0 Å². The first-order chi connectivity index (χ1) is 8.11. The van der Waals surface area contributed by atoms with E-state index >= 15 is 0 Å². The van der Waals surface area contributed by atoms with Crippen LogP contribution in [-0.4, -0.2) is 17.2 Å². The Hall–Kier alpha value is -1.53. The Balaban J connectivity index is 2.62. The zero-order chi connectivity index (χ0) is 12.7. The maximum atomic E-state index is 10.7. The average Bonchev–Trinajstić information content (AvgIpc) is 2.27. The lowest BCUT2D eigenvalue weighted by Crippen LogP contribution is -1.86. The Bertz CT molecular complexity index is 481. The van der Waals surface area contributed by atoms with Gasteiger partial charge in [-0.05, 0) is 30.7 Å². The molecule has 1 aromatic carbocycles. The first-order valence-corrected chi connectivity index (χ1v) is 6.29. The van der Waals surface area contributed by atoms with Crippen LogP contribution in [-0.2, 0) is 4.79 Å². The van der Waals surface area contributed by atoms with E-state index in [-0.39, 0.29) is 5.12 Å². The molecule has 0 aliphatic heterocycles. The molecule has 0 atom stereocenters. The zero-order valence-corrected chi connectivity index (χ0v) is 10.8. The highest BCUT2D eigenvalue weighted by Crippen LogP contribution is 2.07. The summed E-state index contributed by atoms with van der Waals surface area (Å²) in [6.07, 6.45) is 1.50. The molecule has 0 aromatic heterocycles. The van der Waals surface area contributed by atoms with E-state index in [9.17, 15) is 9.59 Å². The summed E-state index contributed by atoms with van der Waals surface area (Å²) in [6.45, 7) is 3.48. The van der Waals surface area contributed by atoms with Gasteiger partial charge < -0.3 is 0 Å². The van der Waals surface area contributed by atoms with Gasteiger partial charge in [0, 0.05) is 30.2 Å². The van der Waals surface area contributed by atoms with Crippen LogP contribution in [0.25, 0.3) is 0 Å². The number of rotatable bonds is 3. The van der Waals surface area contributed by atoms with Crippen LogP contribution in [0.3, 0.4) is 0 Å². The molecule has 0 aliphatic carbocycles. The van der Waals surface area contributed by atoms with Crippen molar-refractivity contribution >= 4 is 23.2 Å². The van der Waals surface area contributed by atoms with Gasteiger partial charge in [-0.1, -0.05) is 23.6 Å². The Morgan fingerprint density at radius 2 is 2.18 bits per heavy atom. The van der Waals surface area contributed by atoms with E-state index in [0.717, 1.165) is 17.4 Å². The van der Waals surface area contributed by atoms with Crippen molar-refractivity contribution in [3.63, 3.8) is 0 Å². The van der Waals surface area contributed by atoms with Crippen LogP contribution < -0.4 is 0 Å².